The first-order valence-corrected chi connectivity index (χ1v) is 7.51. The van der Waals surface area contributed by atoms with Gasteiger partial charge in [-0.05, 0) is 25.0 Å². The van der Waals surface area contributed by atoms with Crippen molar-refractivity contribution in [2.75, 3.05) is 25.0 Å². The van der Waals surface area contributed by atoms with Crippen LogP contribution in [-0.2, 0) is 4.79 Å². The van der Waals surface area contributed by atoms with E-state index in [1.807, 2.05) is 0 Å². The third-order valence-electron chi connectivity index (χ3n) is 3.28. The van der Waals surface area contributed by atoms with Gasteiger partial charge in [0.2, 0.25) is 5.91 Å². The van der Waals surface area contributed by atoms with Gasteiger partial charge in [-0.15, -0.1) is 12.4 Å². The summed E-state index contributed by atoms with van der Waals surface area (Å²) in [6.45, 7) is 2.00. The average Bonchev–Trinajstić information content (AvgIpc) is 2.39. The first kappa shape index (κ1) is 18.8. The van der Waals surface area contributed by atoms with Gasteiger partial charge in [-0.3, -0.25) is 9.69 Å². The van der Waals surface area contributed by atoms with E-state index in [2.05, 4.69) is 10.2 Å². The van der Waals surface area contributed by atoms with Crippen LogP contribution < -0.4 is 11.1 Å². The summed E-state index contributed by atoms with van der Waals surface area (Å²) in [7, 11) is 0. The number of hydrogen-bond donors (Lipinski definition) is 2. The van der Waals surface area contributed by atoms with Gasteiger partial charge in [-0.2, -0.15) is 0 Å². The molecule has 2 rings (SSSR count). The number of rotatable bonds is 3. The molecule has 1 amide bonds. The Labute approximate surface area is 145 Å². The molecule has 1 aromatic rings. The molecular weight excluding hydrogens is 356 g/mol. The molecule has 0 atom stereocenters. The summed E-state index contributed by atoms with van der Waals surface area (Å²) < 4.78 is 0. The topological polar surface area (TPSA) is 58.4 Å². The number of likely N-dealkylation sites (tertiary alicyclic amines) is 1. The largest absolute Gasteiger partial charge is 0.328 e. The highest BCUT2D eigenvalue weighted by Gasteiger charge is 2.18. The maximum Gasteiger partial charge on any atom is 0.238 e. The van der Waals surface area contributed by atoms with Gasteiger partial charge in [-0.25, -0.2) is 0 Å². The number of benzene rings is 1. The molecule has 0 aromatic heterocycles. The molecule has 0 spiro atoms. The summed E-state index contributed by atoms with van der Waals surface area (Å²) in [5, 5.41) is 3.84. The second-order valence-corrected chi connectivity index (χ2v) is 6.13. The van der Waals surface area contributed by atoms with Crippen molar-refractivity contribution in [3.8, 4) is 0 Å². The number of nitrogens with two attached hydrogens (primary N) is 1. The van der Waals surface area contributed by atoms with Crippen molar-refractivity contribution in [2.24, 2.45) is 5.73 Å². The molecule has 0 radical (unpaired) electrons. The van der Waals surface area contributed by atoms with Crippen LogP contribution in [0, 0.1) is 0 Å². The quantitative estimate of drug-likeness (QED) is 0.799. The fraction of sp³-hybridized carbons (Fsp3) is 0.462. The third-order valence-corrected chi connectivity index (χ3v) is 4.32. The molecule has 4 nitrogen and oxygen atoms in total. The Bertz CT molecular complexity index is 504. The lowest BCUT2D eigenvalue weighted by molar-refractivity contribution is -0.117. The Morgan fingerprint density at radius 3 is 2.38 bits per heavy atom. The fourth-order valence-electron chi connectivity index (χ4n) is 2.12. The van der Waals surface area contributed by atoms with E-state index < -0.39 is 0 Å². The molecule has 0 aliphatic carbocycles. The normalized spacial score (nSPS) is 16.4. The van der Waals surface area contributed by atoms with Crippen LogP contribution in [0.1, 0.15) is 12.8 Å². The zero-order valence-corrected chi connectivity index (χ0v) is 14.3. The molecule has 1 fully saturated rings. The molecule has 1 heterocycles. The summed E-state index contributed by atoms with van der Waals surface area (Å²) in [5.41, 5.74) is 6.30. The molecule has 0 unspecified atom stereocenters. The van der Waals surface area contributed by atoms with E-state index in [4.69, 9.17) is 40.5 Å². The number of nitrogens with zero attached hydrogens (tertiary/aromatic N) is 1. The minimum absolute atomic E-state index is 0. The highest BCUT2D eigenvalue weighted by Crippen LogP contribution is 2.32. The highest BCUT2D eigenvalue weighted by atomic mass is 35.5. The predicted octanol–water partition coefficient (Wildman–Crippen LogP) is 3.43. The molecule has 0 saturated carbocycles. The zero-order valence-electron chi connectivity index (χ0n) is 11.2. The van der Waals surface area contributed by atoms with Crippen molar-refractivity contribution in [3.05, 3.63) is 27.2 Å². The number of hydrogen-bond acceptors (Lipinski definition) is 3. The molecular formula is C13H17Cl4N3O. The average molecular weight is 373 g/mol. The van der Waals surface area contributed by atoms with Crippen molar-refractivity contribution in [3.63, 3.8) is 0 Å². The first-order valence-electron chi connectivity index (χ1n) is 6.38. The van der Waals surface area contributed by atoms with E-state index in [0.29, 0.717) is 27.3 Å². The van der Waals surface area contributed by atoms with Crippen LogP contribution in [0.2, 0.25) is 15.1 Å². The Hall–Kier alpha value is -0.230. The van der Waals surface area contributed by atoms with Crippen LogP contribution in [0.15, 0.2) is 12.1 Å². The molecule has 1 aliphatic heterocycles. The number of carbonyl (C=O) groups is 1. The number of nitrogens with one attached hydrogen (secondary N) is 1. The lowest BCUT2D eigenvalue weighted by Gasteiger charge is -2.29. The molecule has 118 valence electrons. The van der Waals surface area contributed by atoms with Crippen LogP contribution in [0.5, 0.6) is 0 Å². The lowest BCUT2D eigenvalue weighted by atomic mass is 10.1. The van der Waals surface area contributed by atoms with E-state index in [-0.39, 0.29) is 24.4 Å². The van der Waals surface area contributed by atoms with Gasteiger partial charge in [0.1, 0.15) is 0 Å². The molecule has 8 heteroatoms. The number of carbonyl (C=O) groups excluding carboxylic acids is 1. The number of halogens is 4. The predicted molar refractivity (Wildman–Crippen MR) is 91.0 cm³/mol. The third kappa shape index (κ3) is 5.47. The van der Waals surface area contributed by atoms with Gasteiger partial charge < -0.3 is 11.1 Å². The van der Waals surface area contributed by atoms with E-state index in [1.165, 1.54) is 6.07 Å². The summed E-state index contributed by atoms with van der Waals surface area (Å²) in [4.78, 5) is 14.1. The van der Waals surface area contributed by atoms with Gasteiger partial charge in [0.05, 0.1) is 27.3 Å². The van der Waals surface area contributed by atoms with Gasteiger partial charge >= 0.3 is 0 Å². The Morgan fingerprint density at radius 1 is 1.19 bits per heavy atom. The highest BCUT2D eigenvalue weighted by molar-refractivity contribution is 6.44. The van der Waals surface area contributed by atoms with E-state index in [1.54, 1.807) is 6.07 Å². The van der Waals surface area contributed by atoms with Gasteiger partial charge in [0.15, 0.2) is 0 Å². The lowest BCUT2D eigenvalue weighted by Crippen LogP contribution is -2.43. The van der Waals surface area contributed by atoms with Crippen LogP contribution in [0.4, 0.5) is 5.69 Å². The molecule has 1 aromatic carbocycles. The van der Waals surface area contributed by atoms with Crippen LogP contribution >= 0.6 is 47.2 Å². The molecule has 21 heavy (non-hydrogen) atoms. The van der Waals surface area contributed by atoms with Crippen LogP contribution in [-0.4, -0.2) is 36.5 Å². The summed E-state index contributed by atoms with van der Waals surface area (Å²) in [6, 6.07) is 3.32. The van der Waals surface area contributed by atoms with Crippen molar-refractivity contribution in [2.45, 2.75) is 18.9 Å². The smallest absolute Gasteiger partial charge is 0.238 e. The van der Waals surface area contributed by atoms with Crippen molar-refractivity contribution in [1.82, 2.24) is 4.90 Å². The first-order chi connectivity index (χ1) is 9.45. The number of anilines is 1. The minimum atomic E-state index is -0.124. The standard InChI is InChI=1S/C13H16Cl3N3O.ClH/c14-9-5-11(16)12(6-10(9)15)18-13(20)7-19-3-1-8(17)2-4-19;/h5-6,8H,1-4,7,17H2,(H,18,20);1H. The number of amides is 1. The molecule has 1 aliphatic rings. The molecule has 3 N–H and O–H groups in total. The van der Waals surface area contributed by atoms with E-state index in [0.717, 1.165) is 25.9 Å². The van der Waals surface area contributed by atoms with Crippen molar-refractivity contribution >= 4 is 58.8 Å². The van der Waals surface area contributed by atoms with Crippen molar-refractivity contribution < 1.29 is 4.79 Å². The monoisotopic (exact) mass is 371 g/mol. The molecule has 0 bridgehead atoms. The fourth-order valence-corrected chi connectivity index (χ4v) is 2.72. The van der Waals surface area contributed by atoms with Crippen LogP contribution in [0.25, 0.3) is 0 Å². The Morgan fingerprint density at radius 2 is 1.76 bits per heavy atom. The minimum Gasteiger partial charge on any atom is -0.328 e. The van der Waals surface area contributed by atoms with Crippen molar-refractivity contribution in [1.29, 1.82) is 0 Å². The maximum absolute atomic E-state index is 12.0. The SMILES string of the molecule is Cl.NC1CCN(CC(=O)Nc2cc(Cl)c(Cl)cc2Cl)CC1. The summed E-state index contributed by atoms with van der Waals surface area (Å²) in [5.74, 6) is -0.124. The summed E-state index contributed by atoms with van der Waals surface area (Å²) >= 11 is 17.8. The maximum atomic E-state index is 12.0. The van der Waals surface area contributed by atoms with Gasteiger partial charge in [-0.1, -0.05) is 34.8 Å². The van der Waals surface area contributed by atoms with Gasteiger partial charge in [0, 0.05) is 19.1 Å². The Kier molecular flexibility index (Phi) is 7.54. The molecule has 1 saturated heterocycles. The zero-order chi connectivity index (χ0) is 14.7. The van der Waals surface area contributed by atoms with Crippen LogP contribution in [0.3, 0.4) is 0 Å². The Balaban J connectivity index is 0.00000220. The summed E-state index contributed by atoms with van der Waals surface area (Å²) in [6.07, 6.45) is 1.83. The van der Waals surface area contributed by atoms with E-state index in [9.17, 15) is 4.79 Å². The van der Waals surface area contributed by atoms with E-state index >= 15 is 0 Å². The van der Waals surface area contributed by atoms with Gasteiger partial charge in [0.25, 0.3) is 0 Å². The number of piperidine rings is 1. The second-order valence-electron chi connectivity index (χ2n) is 4.91. The second kappa shape index (κ2) is 8.42.